The van der Waals surface area contributed by atoms with Crippen molar-refractivity contribution in [3.05, 3.63) is 59.7 Å². The fourth-order valence-corrected chi connectivity index (χ4v) is 4.56. The van der Waals surface area contributed by atoms with E-state index in [-0.39, 0.29) is 59.1 Å². The molecule has 15 nitrogen and oxygen atoms in total. The van der Waals surface area contributed by atoms with E-state index < -0.39 is 27.8 Å². The molecule has 0 radical (unpaired) electrons. The van der Waals surface area contributed by atoms with E-state index in [0.717, 1.165) is 17.0 Å². The van der Waals surface area contributed by atoms with Gasteiger partial charge in [-0.15, -0.1) is 0 Å². The Morgan fingerprint density at radius 2 is 1.68 bits per heavy atom. The molecule has 3 aromatic heterocycles. The molecule has 3 N–H and O–H groups in total. The van der Waals surface area contributed by atoms with Gasteiger partial charge in [0.15, 0.2) is 11.5 Å². The summed E-state index contributed by atoms with van der Waals surface area (Å²) in [5.41, 5.74) is -0.848. The SMILES string of the molecule is COc1cc(Nc2ncc(-c3cnc(OCCNC(C)=O)c(C(=O)NS(C)(=O)=O)c3)c(-n3nc(C(F)(F)F)cc3C)n2)cc(OC)c1. The third-order valence-corrected chi connectivity index (χ3v) is 6.71. The number of carbonyl (C=O) groups is 2. The number of hydrogen-bond donors (Lipinski definition) is 3. The second-order valence-electron chi connectivity index (χ2n) is 9.85. The lowest BCUT2D eigenvalue weighted by molar-refractivity contribution is -0.141. The zero-order chi connectivity index (χ0) is 34.5. The van der Waals surface area contributed by atoms with Gasteiger partial charge in [0.1, 0.15) is 23.7 Å². The lowest BCUT2D eigenvalue weighted by Crippen LogP contribution is -2.30. The van der Waals surface area contributed by atoms with Crippen LogP contribution in [0.25, 0.3) is 16.9 Å². The van der Waals surface area contributed by atoms with Gasteiger partial charge >= 0.3 is 6.18 Å². The predicted molar refractivity (Wildman–Crippen MR) is 161 cm³/mol. The quantitative estimate of drug-likeness (QED) is 0.186. The van der Waals surface area contributed by atoms with Crippen LogP contribution in [0.5, 0.6) is 17.4 Å². The van der Waals surface area contributed by atoms with E-state index >= 15 is 0 Å². The Balaban J connectivity index is 1.86. The molecule has 0 bridgehead atoms. The number of amides is 2. The fraction of sp³-hybridized carbons (Fsp3) is 0.286. The molecule has 2 amide bonds. The summed E-state index contributed by atoms with van der Waals surface area (Å²) in [6, 6.07) is 6.90. The van der Waals surface area contributed by atoms with Crippen LogP contribution in [0.1, 0.15) is 28.7 Å². The molecular formula is C28H29F3N8O7S. The molecule has 0 saturated heterocycles. The monoisotopic (exact) mass is 678 g/mol. The summed E-state index contributed by atoms with van der Waals surface area (Å²) in [7, 11) is -1.11. The highest BCUT2D eigenvalue weighted by Gasteiger charge is 2.35. The van der Waals surface area contributed by atoms with Crippen molar-refractivity contribution in [1.29, 1.82) is 0 Å². The zero-order valence-electron chi connectivity index (χ0n) is 25.6. The van der Waals surface area contributed by atoms with Gasteiger partial charge in [-0.1, -0.05) is 0 Å². The van der Waals surface area contributed by atoms with Gasteiger partial charge in [-0.2, -0.15) is 23.3 Å². The zero-order valence-corrected chi connectivity index (χ0v) is 26.4. The maximum absolute atomic E-state index is 13.6. The number of halogens is 3. The number of aromatic nitrogens is 5. The first-order valence-electron chi connectivity index (χ1n) is 13.5. The third-order valence-electron chi connectivity index (χ3n) is 6.15. The Morgan fingerprint density at radius 1 is 1.00 bits per heavy atom. The van der Waals surface area contributed by atoms with Gasteiger partial charge in [-0.3, -0.25) is 9.59 Å². The van der Waals surface area contributed by atoms with Gasteiger partial charge in [-0.05, 0) is 19.1 Å². The van der Waals surface area contributed by atoms with Crippen LogP contribution in [0.15, 0.2) is 42.7 Å². The second kappa shape index (κ2) is 13.9. The molecule has 0 atom stereocenters. The average molecular weight is 679 g/mol. The van der Waals surface area contributed by atoms with Crippen molar-refractivity contribution in [2.75, 3.05) is 38.9 Å². The molecule has 0 saturated carbocycles. The minimum absolute atomic E-state index is 0.0524. The molecule has 0 unspecified atom stereocenters. The Morgan fingerprint density at radius 3 is 2.26 bits per heavy atom. The first-order chi connectivity index (χ1) is 22.1. The van der Waals surface area contributed by atoms with E-state index in [4.69, 9.17) is 14.2 Å². The van der Waals surface area contributed by atoms with Gasteiger partial charge in [-0.25, -0.2) is 27.8 Å². The number of aryl methyl sites for hydroxylation is 1. The number of hydrogen-bond acceptors (Lipinski definition) is 12. The van der Waals surface area contributed by atoms with Crippen molar-refractivity contribution in [2.24, 2.45) is 0 Å². The summed E-state index contributed by atoms with van der Waals surface area (Å²) >= 11 is 0. The van der Waals surface area contributed by atoms with Crippen LogP contribution in [-0.4, -0.2) is 78.6 Å². The molecular weight excluding hydrogens is 649 g/mol. The molecule has 250 valence electrons. The van der Waals surface area contributed by atoms with Crippen molar-refractivity contribution in [1.82, 2.24) is 34.8 Å². The molecule has 4 rings (SSSR count). The number of anilines is 2. The van der Waals surface area contributed by atoms with Crippen molar-refractivity contribution < 1.29 is 45.4 Å². The number of nitrogens with zero attached hydrogens (tertiary/aromatic N) is 5. The van der Waals surface area contributed by atoms with Crippen LogP contribution < -0.4 is 29.6 Å². The second-order valence-corrected chi connectivity index (χ2v) is 11.6. The summed E-state index contributed by atoms with van der Waals surface area (Å²) in [6.07, 6.45) is -1.50. The van der Waals surface area contributed by atoms with Crippen molar-refractivity contribution in [3.8, 4) is 34.3 Å². The highest BCUT2D eigenvalue weighted by atomic mass is 32.2. The van der Waals surface area contributed by atoms with Gasteiger partial charge in [0.25, 0.3) is 5.91 Å². The molecule has 0 fully saturated rings. The molecule has 3 heterocycles. The van der Waals surface area contributed by atoms with Gasteiger partial charge < -0.3 is 24.8 Å². The van der Waals surface area contributed by atoms with Gasteiger partial charge in [0.2, 0.25) is 27.8 Å². The minimum Gasteiger partial charge on any atom is -0.497 e. The van der Waals surface area contributed by atoms with E-state index in [9.17, 15) is 31.2 Å². The average Bonchev–Trinajstić information content (AvgIpc) is 3.40. The highest BCUT2D eigenvalue weighted by molar-refractivity contribution is 7.89. The number of ether oxygens (including phenoxy) is 3. The smallest absolute Gasteiger partial charge is 0.435 e. The number of sulfonamides is 1. The molecule has 0 spiro atoms. The summed E-state index contributed by atoms with van der Waals surface area (Å²) in [5, 5.41) is 9.19. The molecule has 0 aliphatic carbocycles. The maximum atomic E-state index is 13.6. The van der Waals surface area contributed by atoms with E-state index in [0.29, 0.717) is 17.2 Å². The molecule has 0 aliphatic heterocycles. The molecule has 47 heavy (non-hydrogen) atoms. The molecule has 1 aromatic carbocycles. The Bertz CT molecular complexity index is 1890. The van der Waals surface area contributed by atoms with Crippen LogP contribution >= 0.6 is 0 Å². The lowest BCUT2D eigenvalue weighted by atomic mass is 10.1. The van der Waals surface area contributed by atoms with Gasteiger partial charge in [0.05, 0.1) is 27.0 Å². The number of pyridine rings is 1. The number of carbonyl (C=O) groups excluding carboxylic acids is 2. The van der Waals surface area contributed by atoms with Crippen molar-refractivity contribution in [3.63, 3.8) is 0 Å². The van der Waals surface area contributed by atoms with Crippen molar-refractivity contribution >= 4 is 33.5 Å². The topological polar surface area (TPSA) is 189 Å². The number of methoxy groups -OCH3 is 2. The lowest BCUT2D eigenvalue weighted by Gasteiger charge is -2.15. The van der Waals surface area contributed by atoms with Crippen LogP contribution in [0, 0.1) is 6.92 Å². The number of nitrogens with one attached hydrogen (secondary N) is 3. The fourth-order valence-electron chi connectivity index (χ4n) is 4.11. The van der Waals surface area contributed by atoms with E-state index in [1.165, 1.54) is 46.5 Å². The van der Waals surface area contributed by atoms with Crippen LogP contribution in [0.4, 0.5) is 24.8 Å². The number of alkyl halides is 3. The molecule has 4 aromatic rings. The van der Waals surface area contributed by atoms with E-state index in [1.54, 1.807) is 18.2 Å². The Kier molecular flexibility index (Phi) is 10.2. The van der Waals surface area contributed by atoms with Crippen LogP contribution in [0.2, 0.25) is 0 Å². The largest absolute Gasteiger partial charge is 0.497 e. The van der Waals surface area contributed by atoms with E-state index in [1.807, 2.05) is 4.72 Å². The maximum Gasteiger partial charge on any atom is 0.435 e. The highest BCUT2D eigenvalue weighted by Crippen LogP contribution is 2.34. The number of rotatable bonds is 12. The molecule has 19 heteroatoms. The van der Waals surface area contributed by atoms with E-state index in [2.05, 4.69) is 30.7 Å². The summed E-state index contributed by atoms with van der Waals surface area (Å²) < 4.78 is 83.5. The van der Waals surface area contributed by atoms with Crippen LogP contribution in [0.3, 0.4) is 0 Å². The standard InChI is InChI=1S/C28H29F3N8O7S/c1-15-8-23(28(29,30)31)37-39(15)24-22(14-34-27(36-24)35-18-10-19(44-3)12-20(11-18)45-4)17-9-21(25(41)38-47(5,42)43)26(33-13-17)46-7-6-32-16(2)40/h8-14H,6-7H2,1-5H3,(H,32,40)(H,38,41)(H,34,35,36). The Hall–Kier alpha value is -5.46. The first-order valence-corrected chi connectivity index (χ1v) is 15.4. The summed E-state index contributed by atoms with van der Waals surface area (Å²) in [5.74, 6) is -1.02. The van der Waals surface area contributed by atoms with Crippen molar-refractivity contribution in [2.45, 2.75) is 20.0 Å². The minimum atomic E-state index is -4.77. The Labute approximate surface area is 266 Å². The normalized spacial score (nSPS) is 11.5. The first kappa shape index (κ1) is 34.4. The summed E-state index contributed by atoms with van der Waals surface area (Å²) in [4.78, 5) is 37.1. The van der Waals surface area contributed by atoms with Crippen LogP contribution in [-0.2, 0) is 21.0 Å². The summed E-state index contributed by atoms with van der Waals surface area (Å²) in [6.45, 7) is 2.62. The van der Waals surface area contributed by atoms with Gasteiger partial charge in [0, 0.05) is 60.0 Å². The predicted octanol–water partition coefficient (Wildman–Crippen LogP) is 3.02. The third kappa shape index (κ3) is 8.84. The molecule has 0 aliphatic rings. The number of benzene rings is 1.